The summed E-state index contributed by atoms with van der Waals surface area (Å²) in [4.78, 5) is 12.1. The molecule has 0 saturated heterocycles. The molecular formula is C17H15Cl2NO3S. The van der Waals surface area contributed by atoms with Gasteiger partial charge in [-0.1, -0.05) is 71.2 Å². The zero-order valence-corrected chi connectivity index (χ0v) is 15.1. The smallest absolute Gasteiger partial charge is 0.229 e. The number of aryl methyl sites for hydroxylation is 1. The van der Waals surface area contributed by atoms with Crippen molar-refractivity contribution in [2.24, 2.45) is 0 Å². The molecule has 0 aliphatic rings. The maximum atomic E-state index is 12.6. The SMILES string of the molecule is Cc1ccc(S(=O)(=O)C(NC(=O)Cc2ccccc2)=C(Cl)Cl)cc1. The maximum Gasteiger partial charge on any atom is 0.229 e. The van der Waals surface area contributed by atoms with Gasteiger partial charge in [-0.15, -0.1) is 0 Å². The van der Waals surface area contributed by atoms with Crippen molar-refractivity contribution in [1.29, 1.82) is 0 Å². The Morgan fingerprint density at radius 1 is 1.00 bits per heavy atom. The fourth-order valence-corrected chi connectivity index (χ4v) is 3.89. The largest absolute Gasteiger partial charge is 0.314 e. The molecular weight excluding hydrogens is 369 g/mol. The number of carbonyl (C=O) groups is 1. The van der Waals surface area contributed by atoms with Crippen LogP contribution in [-0.2, 0) is 21.1 Å². The summed E-state index contributed by atoms with van der Waals surface area (Å²) in [6, 6.07) is 15.1. The minimum Gasteiger partial charge on any atom is -0.314 e. The minimum absolute atomic E-state index is 0.00177. The molecule has 2 aromatic rings. The lowest BCUT2D eigenvalue weighted by Crippen LogP contribution is -2.29. The highest BCUT2D eigenvalue weighted by Gasteiger charge is 2.25. The molecule has 0 unspecified atom stereocenters. The summed E-state index contributed by atoms with van der Waals surface area (Å²) in [7, 11) is -4.02. The van der Waals surface area contributed by atoms with Crippen LogP contribution in [0, 0.1) is 6.92 Å². The summed E-state index contributed by atoms with van der Waals surface area (Å²) >= 11 is 11.4. The number of carbonyl (C=O) groups excluding carboxylic acids is 1. The summed E-state index contributed by atoms with van der Waals surface area (Å²) in [5.74, 6) is -0.523. The number of hydrogen-bond acceptors (Lipinski definition) is 3. The Bertz CT molecular complexity index is 856. The number of benzene rings is 2. The zero-order chi connectivity index (χ0) is 17.7. The second-order valence-electron chi connectivity index (χ2n) is 5.12. The van der Waals surface area contributed by atoms with Crippen LogP contribution < -0.4 is 5.32 Å². The van der Waals surface area contributed by atoms with Gasteiger partial charge < -0.3 is 5.32 Å². The van der Waals surface area contributed by atoms with Crippen LogP contribution in [0.5, 0.6) is 0 Å². The fourth-order valence-electron chi connectivity index (χ4n) is 2.00. The normalized spacial score (nSPS) is 11.0. The van der Waals surface area contributed by atoms with Crippen molar-refractivity contribution in [3.8, 4) is 0 Å². The van der Waals surface area contributed by atoms with Gasteiger partial charge in [0, 0.05) is 0 Å². The van der Waals surface area contributed by atoms with Crippen LogP contribution in [0.25, 0.3) is 0 Å². The number of hydrogen-bond donors (Lipinski definition) is 1. The lowest BCUT2D eigenvalue weighted by molar-refractivity contribution is -0.119. The zero-order valence-electron chi connectivity index (χ0n) is 12.8. The van der Waals surface area contributed by atoms with Crippen LogP contribution in [-0.4, -0.2) is 14.3 Å². The van der Waals surface area contributed by atoms with E-state index in [2.05, 4.69) is 5.32 Å². The third-order valence-corrected chi connectivity index (χ3v) is 5.57. The number of sulfone groups is 1. The second-order valence-corrected chi connectivity index (χ2v) is 7.95. The molecule has 7 heteroatoms. The van der Waals surface area contributed by atoms with E-state index in [4.69, 9.17) is 23.2 Å². The van der Waals surface area contributed by atoms with Gasteiger partial charge in [-0.3, -0.25) is 4.79 Å². The van der Waals surface area contributed by atoms with Crippen LogP contribution in [0.4, 0.5) is 0 Å². The predicted octanol–water partition coefficient (Wildman–Crippen LogP) is 3.73. The van der Waals surface area contributed by atoms with Crippen molar-refractivity contribution in [1.82, 2.24) is 5.32 Å². The Kier molecular flexibility index (Phi) is 6.04. The molecule has 0 spiro atoms. The first kappa shape index (κ1) is 18.5. The number of halogens is 2. The van der Waals surface area contributed by atoms with Crippen molar-refractivity contribution in [3.05, 3.63) is 75.2 Å². The van der Waals surface area contributed by atoms with E-state index >= 15 is 0 Å². The molecule has 0 aromatic heterocycles. The highest BCUT2D eigenvalue weighted by Crippen LogP contribution is 2.24. The highest BCUT2D eigenvalue weighted by molar-refractivity contribution is 7.95. The lowest BCUT2D eigenvalue weighted by atomic mass is 10.1. The van der Waals surface area contributed by atoms with E-state index in [1.807, 2.05) is 13.0 Å². The van der Waals surface area contributed by atoms with Gasteiger partial charge in [-0.05, 0) is 24.6 Å². The van der Waals surface area contributed by atoms with Crippen molar-refractivity contribution in [2.45, 2.75) is 18.2 Å². The van der Waals surface area contributed by atoms with Crippen LogP contribution in [0.1, 0.15) is 11.1 Å². The van der Waals surface area contributed by atoms with Crippen molar-refractivity contribution < 1.29 is 13.2 Å². The Morgan fingerprint density at radius 2 is 1.58 bits per heavy atom. The molecule has 0 saturated carbocycles. The topological polar surface area (TPSA) is 63.2 Å². The molecule has 2 aromatic carbocycles. The molecule has 0 bridgehead atoms. The van der Waals surface area contributed by atoms with Crippen molar-refractivity contribution in [3.63, 3.8) is 0 Å². The van der Waals surface area contributed by atoms with Crippen molar-refractivity contribution >= 4 is 38.9 Å². The lowest BCUT2D eigenvalue weighted by Gasteiger charge is -2.12. The Hall–Kier alpha value is -1.82. The molecule has 1 amide bonds. The summed E-state index contributed by atoms with van der Waals surface area (Å²) < 4.78 is 24.7. The number of rotatable bonds is 5. The third kappa shape index (κ3) is 4.60. The molecule has 4 nitrogen and oxygen atoms in total. The van der Waals surface area contributed by atoms with E-state index in [-0.39, 0.29) is 11.3 Å². The maximum absolute atomic E-state index is 12.6. The standard InChI is InChI=1S/C17H15Cl2NO3S/c1-12-7-9-14(10-8-12)24(22,23)17(16(18)19)20-15(21)11-13-5-3-2-4-6-13/h2-10H,11H2,1H3,(H,20,21). The highest BCUT2D eigenvalue weighted by atomic mass is 35.5. The van der Waals surface area contributed by atoms with Gasteiger partial charge in [0.05, 0.1) is 11.3 Å². The van der Waals surface area contributed by atoms with E-state index in [9.17, 15) is 13.2 Å². The van der Waals surface area contributed by atoms with Crippen LogP contribution in [0.3, 0.4) is 0 Å². The first-order valence-corrected chi connectivity index (χ1v) is 9.25. The van der Waals surface area contributed by atoms with Gasteiger partial charge >= 0.3 is 0 Å². The van der Waals surface area contributed by atoms with E-state index < -0.39 is 25.3 Å². The summed E-state index contributed by atoms with van der Waals surface area (Å²) in [5.41, 5.74) is 1.65. The Balaban J connectivity index is 2.25. The molecule has 1 N–H and O–H groups in total. The van der Waals surface area contributed by atoms with E-state index in [1.54, 1.807) is 36.4 Å². The number of amides is 1. The van der Waals surface area contributed by atoms with E-state index in [0.717, 1.165) is 11.1 Å². The molecule has 0 aliphatic carbocycles. The van der Waals surface area contributed by atoms with Gasteiger partial charge in [0.25, 0.3) is 0 Å². The van der Waals surface area contributed by atoms with Gasteiger partial charge in [-0.2, -0.15) is 0 Å². The van der Waals surface area contributed by atoms with Gasteiger partial charge in [0.2, 0.25) is 15.7 Å². The number of nitrogens with one attached hydrogen (secondary N) is 1. The molecule has 0 fully saturated rings. The first-order chi connectivity index (χ1) is 11.3. The Morgan fingerprint density at radius 3 is 2.12 bits per heavy atom. The predicted molar refractivity (Wildman–Crippen MR) is 95.4 cm³/mol. The molecule has 0 radical (unpaired) electrons. The summed E-state index contributed by atoms with van der Waals surface area (Å²) in [5, 5.41) is 1.79. The average Bonchev–Trinajstić information content (AvgIpc) is 2.53. The monoisotopic (exact) mass is 383 g/mol. The summed E-state index contributed by atoms with van der Waals surface area (Å²) in [6.07, 6.45) is 0.00875. The van der Waals surface area contributed by atoms with Crippen LogP contribution in [0.2, 0.25) is 0 Å². The molecule has 2 rings (SSSR count). The molecule has 126 valence electrons. The van der Waals surface area contributed by atoms with Crippen LogP contribution >= 0.6 is 23.2 Å². The van der Waals surface area contributed by atoms with Crippen molar-refractivity contribution in [2.75, 3.05) is 0 Å². The quantitative estimate of drug-likeness (QED) is 0.855. The molecule has 0 heterocycles. The van der Waals surface area contributed by atoms with Gasteiger partial charge in [0.1, 0.15) is 4.49 Å². The Labute approximate surface area is 151 Å². The molecule has 0 atom stereocenters. The average molecular weight is 384 g/mol. The first-order valence-electron chi connectivity index (χ1n) is 7.01. The summed E-state index contributed by atoms with van der Waals surface area (Å²) in [6.45, 7) is 1.84. The van der Waals surface area contributed by atoms with Gasteiger partial charge in [-0.25, -0.2) is 8.42 Å². The fraction of sp³-hybridized carbons (Fsp3) is 0.118. The van der Waals surface area contributed by atoms with Crippen LogP contribution in [0.15, 0.2) is 69.0 Å². The molecule has 24 heavy (non-hydrogen) atoms. The minimum atomic E-state index is -4.02. The second kappa shape index (κ2) is 7.83. The van der Waals surface area contributed by atoms with E-state index in [1.165, 1.54) is 12.1 Å². The van der Waals surface area contributed by atoms with E-state index in [0.29, 0.717) is 0 Å². The molecule has 0 aliphatic heterocycles. The van der Waals surface area contributed by atoms with Gasteiger partial charge in [0.15, 0.2) is 5.03 Å². The third-order valence-electron chi connectivity index (χ3n) is 3.23.